The molecule has 9 rings (SSSR count). The first kappa shape index (κ1) is 19.6. The predicted molar refractivity (Wildman–Crippen MR) is 149 cm³/mol. The maximum Gasteiger partial charge on any atom is 0.0349 e. The minimum atomic E-state index is 0.287. The molecule has 0 radical (unpaired) electrons. The fraction of sp³-hybridized carbons (Fsp3) is 0.0588. The molecular weight excluding hydrogens is 488 g/mol. The SMILES string of the molecule is Brc1c2ccccc2c(-c2ccc3c(c2)C2c4ccccc4C3c3ccccc32)c2ccccc12. The van der Waals surface area contributed by atoms with Crippen LogP contribution in [-0.4, -0.2) is 0 Å². The molecule has 3 aliphatic carbocycles. The standard InChI is InChI=1S/C34H21Br/c35-34-28-15-7-5-13-25(28)31(26-14-6-8-16-29(26)34)20-17-18-27-30(19-20)33-23-11-3-1-9-21(23)32(27)22-10-2-4-12-24(22)33/h1-19,32-33H. The zero-order chi connectivity index (χ0) is 23.1. The highest BCUT2D eigenvalue weighted by Gasteiger charge is 2.41. The van der Waals surface area contributed by atoms with Crippen molar-refractivity contribution in [1.29, 1.82) is 0 Å². The van der Waals surface area contributed by atoms with Crippen LogP contribution in [0.2, 0.25) is 0 Å². The van der Waals surface area contributed by atoms with Crippen LogP contribution in [0, 0.1) is 0 Å². The molecule has 0 unspecified atom stereocenters. The Balaban J connectivity index is 1.45. The van der Waals surface area contributed by atoms with Crippen LogP contribution in [0.4, 0.5) is 0 Å². The molecule has 0 saturated carbocycles. The van der Waals surface area contributed by atoms with E-state index in [4.69, 9.17) is 0 Å². The molecule has 164 valence electrons. The highest BCUT2D eigenvalue weighted by Crippen LogP contribution is 2.56. The van der Waals surface area contributed by atoms with E-state index in [1.807, 2.05) is 0 Å². The molecule has 35 heavy (non-hydrogen) atoms. The summed E-state index contributed by atoms with van der Waals surface area (Å²) in [6, 6.07) is 42.9. The average Bonchev–Trinajstić information content (AvgIpc) is 2.93. The van der Waals surface area contributed by atoms with Gasteiger partial charge < -0.3 is 0 Å². The minimum absolute atomic E-state index is 0.287. The highest BCUT2D eigenvalue weighted by molar-refractivity contribution is 9.10. The highest BCUT2D eigenvalue weighted by atomic mass is 79.9. The molecule has 0 amide bonds. The summed E-state index contributed by atoms with van der Waals surface area (Å²) in [5.41, 5.74) is 11.4. The molecule has 0 aromatic heterocycles. The van der Waals surface area contributed by atoms with E-state index in [0.29, 0.717) is 5.92 Å². The number of fused-ring (bicyclic) bond motifs is 2. The van der Waals surface area contributed by atoms with Gasteiger partial charge in [0.05, 0.1) is 0 Å². The van der Waals surface area contributed by atoms with E-state index in [9.17, 15) is 0 Å². The molecular formula is C34H21Br. The second-order valence-electron chi connectivity index (χ2n) is 9.75. The molecule has 0 spiro atoms. The topological polar surface area (TPSA) is 0 Å². The number of hydrogen-bond donors (Lipinski definition) is 0. The van der Waals surface area contributed by atoms with E-state index in [1.165, 1.54) is 70.5 Å². The minimum Gasteiger partial charge on any atom is -0.0619 e. The molecule has 0 atom stereocenters. The second-order valence-corrected chi connectivity index (χ2v) is 10.5. The Morgan fingerprint density at radius 3 is 1.31 bits per heavy atom. The van der Waals surface area contributed by atoms with Crippen molar-refractivity contribution >= 4 is 37.5 Å². The summed E-state index contributed by atoms with van der Waals surface area (Å²) >= 11 is 3.91. The lowest BCUT2D eigenvalue weighted by molar-refractivity contribution is 0.755. The second kappa shape index (κ2) is 7.16. The van der Waals surface area contributed by atoms with Gasteiger partial charge in [0, 0.05) is 16.3 Å². The summed E-state index contributed by atoms with van der Waals surface area (Å²) < 4.78 is 1.17. The van der Waals surface area contributed by atoms with Crippen molar-refractivity contribution in [3.05, 3.63) is 153 Å². The van der Waals surface area contributed by atoms with Crippen molar-refractivity contribution in [2.24, 2.45) is 0 Å². The van der Waals surface area contributed by atoms with Crippen LogP contribution in [0.3, 0.4) is 0 Å². The quantitative estimate of drug-likeness (QED) is 0.193. The van der Waals surface area contributed by atoms with Crippen molar-refractivity contribution < 1.29 is 0 Å². The molecule has 0 heterocycles. The summed E-state index contributed by atoms with van der Waals surface area (Å²) in [6.45, 7) is 0. The van der Waals surface area contributed by atoms with E-state index in [2.05, 4.69) is 131 Å². The van der Waals surface area contributed by atoms with Gasteiger partial charge in [0.25, 0.3) is 0 Å². The van der Waals surface area contributed by atoms with Gasteiger partial charge in [-0.2, -0.15) is 0 Å². The summed E-state index contributed by atoms with van der Waals surface area (Å²) in [5, 5.41) is 5.10. The first-order valence-corrected chi connectivity index (χ1v) is 13.0. The van der Waals surface area contributed by atoms with Gasteiger partial charge in [-0.25, -0.2) is 0 Å². The lowest BCUT2D eigenvalue weighted by Gasteiger charge is -2.42. The fourth-order valence-electron chi connectivity index (χ4n) is 6.71. The van der Waals surface area contributed by atoms with Crippen LogP contribution in [0.15, 0.2) is 120 Å². The average molecular weight is 509 g/mol. The van der Waals surface area contributed by atoms with Gasteiger partial charge in [0.1, 0.15) is 0 Å². The van der Waals surface area contributed by atoms with E-state index >= 15 is 0 Å². The van der Waals surface area contributed by atoms with E-state index < -0.39 is 0 Å². The predicted octanol–water partition coefficient (Wildman–Crippen LogP) is 9.41. The van der Waals surface area contributed by atoms with E-state index in [1.54, 1.807) is 0 Å². The van der Waals surface area contributed by atoms with Gasteiger partial charge in [0.15, 0.2) is 0 Å². The lowest BCUT2D eigenvalue weighted by atomic mass is 9.61. The molecule has 0 N–H and O–H groups in total. The summed E-state index contributed by atoms with van der Waals surface area (Å²) in [7, 11) is 0. The maximum atomic E-state index is 3.91. The van der Waals surface area contributed by atoms with E-state index in [0.717, 1.165) is 0 Å². The van der Waals surface area contributed by atoms with Crippen LogP contribution in [0.25, 0.3) is 32.7 Å². The van der Waals surface area contributed by atoms with Crippen LogP contribution in [0.5, 0.6) is 0 Å². The van der Waals surface area contributed by atoms with Gasteiger partial charge >= 0.3 is 0 Å². The lowest BCUT2D eigenvalue weighted by Crippen LogP contribution is -2.27. The van der Waals surface area contributed by atoms with Gasteiger partial charge in [-0.05, 0) is 88.0 Å². The Bertz CT molecular complexity index is 1720. The van der Waals surface area contributed by atoms with Crippen molar-refractivity contribution in [1.82, 2.24) is 0 Å². The number of halogens is 1. The smallest absolute Gasteiger partial charge is 0.0349 e. The number of hydrogen-bond acceptors (Lipinski definition) is 0. The molecule has 6 aromatic carbocycles. The third-order valence-corrected chi connectivity index (χ3v) is 8.95. The molecule has 6 aromatic rings. The van der Waals surface area contributed by atoms with Gasteiger partial charge in [-0.1, -0.05) is 109 Å². The zero-order valence-electron chi connectivity index (χ0n) is 19.0. The van der Waals surface area contributed by atoms with Gasteiger partial charge in [-0.15, -0.1) is 0 Å². The Labute approximate surface area is 213 Å². The number of rotatable bonds is 1. The van der Waals surface area contributed by atoms with Gasteiger partial charge in [0.2, 0.25) is 0 Å². The van der Waals surface area contributed by atoms with Crippen molar-refractivity contribution in [2.75, 3.05) is 0 Å². The first-order valence-electron chi connectivity index (χ1n) is 12.2. The Hall–Kier alpha value is -3.68. The zero-order valence-corrected chi connectivity index (χ0v) is 20.6. The monoisotopic (exact) mass is 508 g/mol. The third kappa shape index (κ3) is 2.57. The van der Waals surface area contributed by atoms with Crippen molar-refractivity contribution in [2.45, 2.75) is 11.8 Å². The Kier molecular flexibility index (Phi) is 4.01. The van der Waals surface area contributed by atoms with Crippen molar-refractivity contribution in [3.8, 4) is 11.1 Å². The van der Waals surface area contributed by atoms with Crippen LogP contribution < -0.4 is 0 Å². The molecule has 2 bridgehead atoms. The Morgan fingerprint density at radius 2 is 0.800 bits per heavy atom. The van der Waals surface area contributed by atoms with Crippen LogP contribution >= 0.6 is 15.9 Å². The molecule has 1 heteroatoms. The molecule has 0 nitrogen and oxygen atoms in total. The van der Waals surface area contributed by atoms with Crippen LogP contribution in [0.1, 0.15) is 45.2 Å². The summed E-state index contributed by atoms with van der Waals surface area (Å²) in [4.78, 5) is 0. The Morgan fingerprint density at radius 1 is 0.400 bits per heavy atom. The number of benzene rings is 6. The van der Waals surface area contributed by atoms with Crippen molar-refractivity contribution in [3.63, 3.8) is 0 Å². The maximum absolute atomic E-state index is 3.91. The molecule has 0 aliphatic heterocycles. The summed E-state index contributed by atoms with van der Waals surface area (Å²) in [5.74, 6) is 0.602. The normalized spacial score (nSPS) is 17.3. The third-order valence-electron chi connectivity index (χ3n) is 8.10. The van der Waals surface area contributed by atoms with Gasteiger partial charge in [-0.3, -0.25) is 0 Å². The largest absolute Gasteiger partial charge is 0.0619 e. The fourth-order valence-corrected chi connectivity index (χ4v) is 7.40. The van der Waals surface area contributed by atoms with E-state index in [-0.39, 0.29) is 5.92 Å². The summed E-state index contributed by atoms with van der Waals surface area (Å²) in [6.07, 6.45) is 0. The molecule has 3 aliphatic rings. The first-order chi connectivity index (χ1) is 17.3. The molecule has 0 saturated heterocycles. The molecule has 0 fully saturated rings. The van der Waals surface area contributed by atoms with Crippen LogP contribution in [-0.2, 0) is 0 Å².